The summed E-state index contributed by atoms with van der Waals surface area (Å²) >= 11 is 4.87. The Morgan fingerprint density at radius 2 is 2.25 bits per heavy atom. The van der Waals surface area contributed by atoms with Crippen LogP contribution >= 0.6 is 27.3 Å². The number of aromatic amines is 1. The van der Waals surface area contributed by atoms with Crippen molar-refractivity contribution in [2.45, 2.75) is 12.5 Å². The zero-order chi connectivity index (χ0) is 16.5. The smallest absolute Gasteiger partial charge is 0.159 e. The first-order valence-corrected chi connectivity index (χ1v) is 8.68. The molecule has 4 rings (SSSR count). The summed E-state index contributed by atoms with van der Waals surface area (Å²) in [5.74, 6) is 0. The molecule has 0 amide bonds. The van der Waals surface area contributed by atoms with E-state index in [0.717, 1.165) is 31.1 Å². The number of rotatable bonds is 4. The summed E-state index contributed by atoms with van der Waals surface area (Å²) in [7, 11) is 0. The second-order valence-corrected chi connectivity index (χ2v) is 7.40. The second kappa shape index (κ2) is 6.14. The molecule has 1 N–H and O–H groups in total. The van der Waals surface area contributed by atoms with Crippen molar-refractivity contribution >= 4 is 38.3 Å². The molecule has 0 radical (unpaired) electrons. The van der Waals surface area contributed by atoms with Gasteiger partial charge in [0.1, 0.15) is 18.0 Å². The number of nitrogens with zero attached hydrogens (tertiary/aromatic N) is 6. The number of fused-ring (bicyclic) bond motifs is 1. The minimum atomic E-state index is -0.170. The standard InChI is InChI=1S/C15H10BrN7S/c16-15-19-6-12(24-15)11(1-3-17)23-7-9(5-22-23)13-10-2-4-18-14(10)21-8-20-13/h2,4-8,11H,1H2,(H,18,20,21). The van der Waals surface area contributed by atoms with Gasteiger partial charge in [-0.1, -0.05) is 0 Å². The van der Waals surface area contributed by atoms with Crippen LogP contribution < -0.4 is 0 Å². The molecule has 0 spiro atoms. The molecule has 0 aliphatic rings. The number of hydrogen-bond donors (Lipinski definition) is 1. The highest BCUT2D eigenvalue weighted by Crippen LogP contribution is 2.31. The Morgan fingerprint density at radius 1 is 1.33 bits per heavy atom. The van der Waals surface area contributed by atoms with E-state index in [9.17, 15) is 0 Å². The van der Waals surface area contributed by atoms with E-state index in [-0.39, 0.29) is 6.04 Å². The fourth-order valence-corrected chi connectivity index (χ4v) is 3.96. The lowest BCUT2D eigenvalue weighted by atomic mass is 10.2. The Balaban J connectivity index is 1.76. The van der Waals surface area contributed by atoms with Gasteiger partial charge in [-0.15, -0.1) is 11.3 Å². The predicted octanol–water partition coefficient (Wildman–Crippen LogP) is 3.54. The predicted molar refractivity (Wildman–Crippen MR) is 93.3 cm³/mol. The SMILES string of the molecule is N#CCC(c1cnc(Br)s1)n1cc(-c2ncnc3[nH]ccc23)cn1. The van der Waals surface area contributed by atoms with Crippen LogP contribution in [0.2, 0.25) is 0 Å². The largest absolute Gasteiger partial charge is 0.346 e. The Kier molecular flexibility index (Phi) is 3.84. The summed E-state index contributed by atoms with van der Waals surface area (Å²) in [5, 5.41) is 14.5. The van der Waals surface area contributed by atoms with E-state index in [2.05, 4.69) is 47.0 Å². The molecule has 0 saturated heterocycles. The topological polar surface area (TPSA) is 96.1 Å². The van der Waals surface area contributed by atoms with E-state index in [0.29, 0.717) is 6.42 Å². The average molecular weight is 400 g/mol. The number of nitriles is 1. The second-order valence-electron chi connectivity index (χ2n) is 5.06. The molecular formula is C15H10BrN7S. The summed E-state index contributed by atoms with van der Waals surface area (Å²) in [6.45, 7) is 0. The van der Waals surface area contributed by atoms with Gasteiger partial charge >= 0.3 is 0 Å². The maximum absolute atomic E-state index is 9.16. The Bertz CT molecular complexity index is 1040. The third-order valence-electron chi connectivity index (χ3n) is 3.66. The van der Waals surface area contributed by atoms with E-state index in [1.807, 2.05) is 18.5 Å². The van der Waals surface area contributed by atoms with Gasteiger partial charge in [-0.2, -0.15) is 10.4 Å². The van der Waals surface area contributed by atoms with Gasteiger partial charge in [0.2, 0.25) is 0 Å². The Morgan fingerprint density at radius 3 is 3.04 bits per heavy atom. The van der Waals surface area contributed by atoms with Crippen LogP contribution in [0.3, 0.4) is 0 Å². The van der Waals surface area contributed by atoms with E-state index in [4.69, 9.17) is 5.26 Å². The molecule has 9 heteroatoms. The molecular weight excluding hydrogens is 390 g/mol. The molecule has 0 aliphatic heterocycles. The minimum Gasteiger partial charge on any atom is -0.346 e. The molecule has 24 heavy (non-hydrogen) atoms. The summed E-state index contributed by atoms with van der Waals surface area (Å²) in [6.07, 6.45) is 9.12. The molecule has 1 atom stereocenters. The van der Waals surface area contributed by atoms with E-state index in [1.165, 1.54) is 17.7 Å². The van der Waals surface area contributed by atoms with E-state index < -0.39 is 0 Å². The molecule has 4 heterocycles. The van der Waals surface area contributed by atoms with Gasteiger partial charge in [0.15, 0.2) is 3.92 Å². The fourth-order valence-electron chi connectivity index (χ4n) is 2.56. The van der Waals surface area contributed by atoms with Crippen LogP contribution in [0.1, 0.15) is 17.3 Å². The lowest BCUT2D eigenvalue weighted by Gasteiger charge is -2.11. The van der Waals surface area contributed by atoms with Crippen LogP contribution in [0.4, 0.5) is 0 Å². The molecule has 0 fully saturated rings. The highest BCUT2D eigenvalue weighted by atomic mass is 79.9. The zero-order valence-electron chi connectivity index (χ0n) is 12.2. The normalized spacial score (nSPS) is 12.3. The van der Waals surface area contributed by atoms with Crippen molar-refractivity contribution in [3.8, 4) is 17.3 Å². The number of H-pyrrole nitrogens is 1. The third-order valence-corrected chi connectivity index (χ3v) is 5.23. The summed E-state index contributed by atoms with van der Waals surface area (Å²) in [5.41, 5.74) is 2.48. The van der Waals surface area contributed by atoms with Gasteiger partial charge in [-0.3, -0.25) is 4.68 Å². The number of hydrogen-bond acceptors (Lipinski definition) is 6. The maximum Gasteiger partial charge on any atom is 0.159 e. The van der Waals surface area contributed by atoms with Crippen molar-refractivity contribution < 1.29 is 0 Å². The lowest BCUT2D eigenvalue weighted by Crippen LogP contribution is -2.09. The molecule has 0 aliphatic carbocycles. The van der Waals surface area contributed by atoms with Crippen LogP contribution in [0.25, 0.3) is 22.3 Å². The highest BCUT2D eigenvalue weighted by Gasteiger charge is 2.19. The third kappa shape index (κ3) is 2.60. The van der Waals surface area contributed by atoms with Crippen molar-refractivity contribution in [1.82, 2.24) is 29.7 Å². The van der Waals surface area contributed by atoms with Crippen LogP contribution in [0.15, 0.2) is 41.1 Å². The number of halogens is 1. The van der Waals surface area contributed by atoms with Gasteiger partial charge < -0.3 is 4.98 Å². The van der Waals surface area contributed by atoms with Crippen molar-refractivity contribution in [2.75, 3.05) is 0 Å². The van der Waals surface area contributed by atoms with E-state index >= 15 is 0 Å². The van der Waals surface area contributed by atoms with Crippen molar-refractivity contribution in [3.63, 3.8) is 0 Å². The van der Waals surface area contributed by atoms with Gasteiger partial charge in [0, 0.05) is 29.5 Å². The number of nitrogens with one attached hydrogen (secondary N) is 1. The van der Waals surface area contributed by atoms with Crippen LogP contribution in [0.5, 0.6) is 0 Å². The van der Waals surface area contributed by atoms with Crippen LogP contribution in [-0.2, 0) is 0 Å². The van der Waals surface area contributed by atoms with Crippen molar-refractivity contribution in [2.24, 2.45) is 0 Å². The first kappa shape index (κ1) is 15.0. The molecule has 4 aromatic rings. The van der Waals surface area contributed by atoms with Crippen LogP contribution in [-0.4, -0.2) is 29.7 Å². The Labute approximate surface area is 149 Å². The quantitative estimate of drug-likeness (QED) is 0.565. The van der Waals surface area contributed by atoms with Crippen molar-refractivity contribution in [3.05, 3.63) is 46.0 Å². The average Bonchev–Trinajstić information content (AvgIpc) is 3.32. The van der Waals surface area contributed by atoms with Gasteiger partial charge in [-0.25, -0.2) is 15.0 Å². The first-order chi connectivity index (χ1) is 11.8. The highest BCUT2D eigenvalue weighted by molar-refractivity contribution is 9.11. The minimum absolute atomic E-state index is 0.170. The van der Waals surface area contributed by atoms with Crippen LogP contribution in [0, 0.1) is 11.3 Å². The molecule has 0 bridgehead atoms. The molecule has 4 aromatic heterocycles. The Hall–Kier alpha value is -2.57. The van der Waals surface area contributed by atoms with Gasteiger partial charge in [0.25, 0.3) is 0 Å². The zero-order valence-corrected chi connectivity index (χ0v) is 14.6. The lowest BCUT2D eigenvalue weighted by molar-refractivity contribution is 0.539. The number of aromatic nitrogens is 6. The fraction of sp³-hybridized carbons (Fsp3) is 0.133. The molecule has 0 saturated carbocycles. The van der Waals surface area contributed by atoms with Crippen molar-refractivity contribution in [1.29, 1.82) is 5.26 Å². The molecule has 7 nitrogen and oxygen atoms in total. The van der Waals surface area contributed by atoms with Gasteiger partial charge in [0.05, 0.1) is 29.3 Å². The first-order valence-electron chi connectivity index (χ1n) is 7.07. The van der Waals surface area contributed by atoms with Gasteiger partial charge in [-0.05, 0) is 22.0 Å². The summed E-state index contributed by atoms with van der Waals surface area (Å²) in [6, 6.07) is 3.99. The molecule has 118 valence electrons. The monoisotopic (exact) mass is 399 g/mol. The molecule has 0 aromatic carbocycles. The molecule has 1 unspecified atom stereocenters. The van der Waals surface area contributed by atoms with E-state index in [1.54, 1.807) is 17.1 Å². The number of thiazole rings is 1. The maximum atomic E-state index is 9.16. The summed E-state index contributed by atoms with van der Waals surface area (Å²) < 4.78 is 2.58. The summed E-state index contributed by atoms with van der Waals surface area (Å²) in [4.78, 5) is 16.8.